The van der Waals surface area contributed by atoms with Crippen molar-refractivity contribution >= 4 is 15.9 Å². The van der Waals surface area contributed by atoms with Crippen LogP contribution in [-0.2, 0) is 11.2 Å². The molecule has 0 saturated heterocycles. The summed E-state index contributed by atoms with van der Waals surface area (Å²) < 4.78 is 17.1. The Morgan fingerprint density at radius 3 is 3.12 bits per heavy atom. The lowest BCUT2D eigenvalue weighted by Gasteiger charge is -2.11. The average Bonchev–Trinajstić information content (AvgIpc) is 2.87. The van der Waals surface area contributed by atoms with Crippen LogP contribution in [0.5, 0.6) is 0 Å². The predicted molar refractivity (Wildman–Crippen MR) is 59.3 cm³/mol. The van der Waals surface area contributed by atoms with E-state index in [-0.39, 0.29) is 5.92 Å². The highest BCUT2D eigenvalue weighted by atomic mass is 79.9. The molecule has 2 aromatic rings. The number of furan rings is 1. The molecule has 0 bridgehead atoms. The van der Waals surface area contributed by atoms with Crippen molar-refractivity contribution in [2.45, 2.75) is 12.3 Å². The van der Waals surface area contributed by atoms with Crippen LogP contribution in [0.3, 0.4) is 0 Å². The summed E-state index contributed by atoms with van der Waals surface area (Å²) in [7, 11) is 0. The second kappa shape index (κ2) is 4.07. The van der Waals surface area contributed by atoms with Gasteiger partial charge in [-0.3, -0.25) is 0 Å². The lowest BCUT2D eigenvalue weighted by Crippen LogP contribution is -2.06. The van der Waals surface area contributed by atoms with Crippen LogP contribution in [-0.4, -0.2) is 18.2 Å². The minimum atomic E-state index is 0.0631. The van der Waals surface area contributed by atoms with Gasteiger partial charge in [-0.2, -0.15) is 0 Å². The fraction of sp³-hybridized carbons (Fsp3) is 0.364. The first-order chi connectivity index (χ1) is 7.86. The Hall–Kier alpha value is -1.07. The Labute approximate surface area is 101 Å². The number of nitrogens with zero attached hydrogens (tertiary/aromatic N) is 1. The highest BCUT2D eigenvalue weighted by Crippen LogP contribution is 2.36. The molecule has 1 aliphatic rings. The van der Waals surface area contributed by atoms with Crippen LogP contribution < -0.4 is 0 Å². The van der Waals surface area contributed by atoms with Gasteiger partial charge in [0.2, 0.25) is 0 Å². The molecule has 2 aromatic heterocycles. The summed E-state index contributed by atoms with van der Waals surface area (Å²) in [4.78, 5) is 3.95. The number of aromatic nitrogens is 1. The van der Waals surface area contributed by atoms with Gasteiger partial charge in [0.15, 0.2) is 11.1 Å². The quantitative estimate of drug-likeness (QED) is 0.808. The van der Waals surface area contributed by atoms with Crippen molar-refractivity contribution in [3.05, 3.63) is 40.4 Å². The van der Waals surface area contributed by atoms with Crippen LogP contribution in [0.4, 0.5) is 0 Å². The zero-order chi connectivity index (χ0) is 11.0. The second-order valence-corrected chi connectivity index (χ2v) is 4.45. The molecule has 3 heterocycles. The molecule has 0 fully saturated rings. The van der Waals surface area contributed by atoms with Crippen molar-refractivity contribution in [2.24, 2.45) is 0 Å². The second-order valence-electron chi connectivity index (χ2n) is 3.73. The summed E-state index contributed by atoms with van der Waals surface area (Å²) in [5, 5.41) is 0. The Balaban J connectivity index is 2.08. The highest BCUT2D eigenvalue weighted by molar-refractivity contribution is 9.10. The molecule has 0 radical (unpaired) electrons. The van der Waals surface area contributed by atoms with Crippen LogP contribution in [0.25, 0.3) is 0 Å². The first-order valence-corrected chi connectivity index (χ1v) is 5.87. The topological polar surface area (TPSA) is 48.4 Å². The Bertz CT molecular complexity index is 477. The van der Waals surface area contributed by atoms with Gasteiger partial charge in [0.25, 0.3) is 0 Å². The van der Waals surface area contributed by atoms with E-state index < -0.39 is 0 Å². The van der Waals surface area contributed by atoms with Gasteiger partial charge < -0.3 is 13.6 Å². The maximum atomic E-state index is 5.58. The molecular formula is C11H10BrNO3. The zero-order valence-corrected chi connectivity index (χ0v) is 10.1. The fourth-order valence-corrected chi connectivity index (χ4v) is 2.64. The van der Waals surface area contributed by atoms with E-state index in [1.54, 1.807) is 12.5 Å². The first kappa shape index (κ1) is 10.1. The van der Waals surface area contributed by atoms with Crippen molar-refractivity contribution in [2.75, 3.05) is 13.2 Å². The third kappa shape index (κ3) is 1.60. The number of ether oxygens (including phenoxy) is 1. The van der Waals surface area contributed by atoms with Crippen LogP contribution >= 0.6 is 15.9 Å². The van der Waals surface area contributed by atoms with E-state index in [0.29, 0.717) is 13.2 Å². The SMILES string of the molecule is Brc1occ2c1C(c1cnco1)COCC2. The van der Waals surface area contributed by atoms with Gasteiger partial charge >= 0.3 is 0 Å². The Morgan fingerprint density at radius 2 is 2.31 bits per heavy atom. The summed E-state index contributed by atoms with van der Waals surface area (Å²) >= 11 is 3.43. The van der Waals surface area contributed by atoms with E-state index in [9.17, 15) is 0 Å². The summed E-state index contributed by atoms with van der Waals surface area (Å²) in [5.74, 6) is 0.873. The molecule has 0 saturated carbocycles. The maximum Gasteiger partial charge on any atom is 0.180 e. The number of oxazole rings is 1. The van der Waals surface area contributed by atoms with Crippen molar-refractivity contribution in [3.63, 3.8) is 0 Å². The summed E-state index contributed by atoms with van der Waals surface area (Å²) in [5.41, 5.74) is 2.29. The molecule has 3 rings (SSSR count). The molecule has 84 valence electrons. The van der Waals surface area contributed by atoms with E-state index in [4.69, 9.17) is 13.6 Å². The standard InChI is InChI=1S/C11H10BrNO3/c12-11-10-7(4-15-11)1-2-14-5-8(10)9-3-13-6-16-9/h3-4,6,8H,1-2,5H2. The maximum absolute atomic E-state index is 5.58. The van der Waals surface area contributed by atoms with Gasteiger partial charge in [0.05, 0.1) is 31.6 Å². The van der Waals surface area contributed by atoms with E-state index in [1.165, 1.54) is 12.0 Å². The molecule has 0 amide bonds. The molecular weight excluding hydrogens is 274 g/mol. The van der Waals surface area contributed by atoms with E-state index >= 15 is 0 Å². The fourth-order valence-electron chi connectivity index (χ4n) is 2.02. The van der Waals surface area contributed by atoms with Crippen molar-refractivity contribution in [1.29, 1.82) is 0 Å². The number of hydrogen-bond donors (Lipinski definition) is 0. The summed E-state index contributed by atoms with van der Waals surface area (Å²) in [6, 6.07) is 0. The number of hydrogen-bond acceptors (Lipinski definition) is 4. The van der Waals surface area contributed by atoms with Crippen LogP contribution in [0.15, 0.2) is 32.4 Å². The first-order valence-electron chi connectivity index (χ1n) is 5.08. The van der Waals surface area contributed by atoms with Gasteiger partial charge in [0, 0.05) is 5.56 Å². The van der Waals surface area contributed by atoms with Gasteiger partial charge in [-0.25, -0.2) is 4.98 Å². The minimum Gasteiger partial charge on any atom is -0.457 e. The van der Waals surface area contributed by atoms with E-state index in [0.717, 1.165) is 22.4 Å². The lowest BCUT2D eigenvalue weighted by atomic mass is 9.97. The smallest absolute Gasteiger partial charge is 0.180 e. The molecule has 4 nitrogen and oxygen atoms in total. The number of rotatable bonds is 1. The van der Waals surface area contributed by atoms with Crippen molar-refractivity contribution < 1.29 is 13.6 Å². The van der Waals surface area contributed by atoms with Crippen LogP contribution in [0, 0.1) is 0 Å². The molecule has 5 heteroatoms. The van der Waals surface area contributed by atoms with Crippen molar-refractivity contribution in [3.8, 4) is 0 Å². The molecule has 1 aliphatic heterocycles. The number of fused-ring (bicyclic) bond motifs is 1. The van der Waals surface area contributed by atoms with Gasteiger partial charge in [-0.15, -0.1) is 0 Å². The van der Waals surface area contributed by atoms with Crippen LogP contribution in [0.2, 0.25) is 0 Å². The molecule has 0 aromatic carbocycles. The van der Waals surface area contributed by atoms with E-state index in [2.05, 4.69) is 20.9 Å². The predicted octanol–water partition coefficient (Wildman–Crippen LogP) is 2.73. The Morgan fingerprint density at radius 1 is 1.38 bits per heavy atom. The summed E-state index contributed by atoms with van der Waals surface area (Å²) in [6.07, 6.45) is 5.81. The molecule has 1 atom stereocenters. The molecule has 0 spiro atoms. The van der Waals surface area contributed by atoms with Gasteiger partial charge in [-0.05, 0) is 27.9 Å². The van der Waals surface area contributed by atoms with E-state index in [1.807, 2.05) is 0 Å². The highest BCUT2D eigenvalue weighted by Gasteiger charge is 2.28. The monoisotopic (exact) mass is 283 g/mol. The zero-order valence-electron chi connectivity index (χ0n) is 8.48. The minimum absolute atomic E-state index is 0.0631. The molecule has 16 heavy (non-hydrogen) atoms. The van der Waals surface area contributed by atoms with Gasteiger partial charge in [-0.1, -0.05) is 0 Å². The third-order valence-corrected chi connectivity index (χ3v) is 3.42. The molecule has 0 aliphatic carbocycles. The average molecular weight is 284 g/mol. The third-order valence-electron chi connectivity index (χ3n) is 2.81. The van der Waals surface area contributed by atoms with Gasteiger partial charge in [0.1, 0.15) is 5.76 Å². The summed E-state index contributed by atoms with van der Waals surface area (Å²) in [6.45, 7) is 1.31. The van der Waals surface area contributed by atoms with Crippen LogP contribution in [0.1, 0.15) is 22.8 Å². The number of halogens is 1. The largest absolute Gasteiger partial charge is 0.457 e. The molecule has 0 N–H and O–H groups in total. The lowest BCUT2D eigenvalue weighted by molar-refractivity contribution is 0.131. The van der Waals surface area contributed by atoms with Crippen molar-refractivity contribution in [1.82, 2.24) is 4.98 Å². The molecule has 1 unspecified atom stereocenters. The normalized spacial score (nSPS) is 20.4. The Kier molecular flexibility index (Phi) is 2.57.